The van der Waals surface area contributed by atoms with Gasteiger partial charge in [-0.1, -0.05) is 0 Å². The molecule has 1 aliphatic rings. The van der Waals surface area contributed by atoms with Crippen LogP contribution in [0.15, 0.2) is 12.7 Å². The van der Waals surface area contributed by atoms with Crippen molar-refractivity contribution in [2.45, 2.75) is 43.6 Å². The molecule has 0 aliphatic heterocycles. The lowest BCUT2D eigenvalue weighted by atomic mass is 9.85. The molecule has 2 aromatic heterocycles. The third kappa shape index (κ3) is 2.90. The molecule has 1 amide bonds. The maximum Gasteiger partial charge on any atom is 0.221 e. The highest BCUT2D eigenvalue weighted by Crippen LogP contribution is 2.32. The SMILES string of the molecule is NCCC(=O)N[C@@H]1CC[C@@H](n2cnc3c(N)ncnc32)[C@@H](O)[C@@H]1O. The molecule has 3 rings (SSSR count). The van der Waals surface area contributed by atoms with Crippen molar-refractivity contribution in [1.82, 2.24) is 24.8 Å². The summed E-state index contributed by atoms with van der Waals surface area (Å²) in [7, 11) is 0. The molecule has 130 valence electrons. The Labute approximate surface area is 137 Å². The smallest absolute Gasteiger partial charge is 0.221 e. The van der Waals surface area contributed by atoms with E-state index in [1.807, 2.05) is 0 Å². The van der Waals surface area contributed by atoms with Crippen LogP contribution in [0.2, 0.25) is 0 Å². The average molecular weight is 335 g/mol. The van der Waals surface area contributed by atoms with E-state index in [0.717, 1.165) is 0 Å². The Balaban J connectivity index is 1.79. The topological polar surface area (TPSA) is 165 Å². The quantitative estimate of drug-likeness (QED) is 0.441. The fourth-order valence-corrected chi connectivity index (χ4v) is 3.14. The van der Waals surface area contributed by atoms with Crippen molar-refractivity contribution >= 4 is 22.9 Å². The van der Waals surface area contributed by atoms with E-state index in [0.29, 0.717) is 24.0 Å². The van der Waals surface area contributed by atoms with Gasteiger partial charge in [0.1, 0.15) is 24.1 Å². The standard InChI is InChI=1S/C14H21N7O3/c15-4-3-9(22)20-7-1-2-8(12(24)11(7)23)21-6-19-10-13(16)17-5-18-14(10)21/h5-8,11-12,23-24H,1-4,15H2,(H,20,22)(H2,16,17,18)/t7-,8-,11-,12-/m1/s1. The normalized spacial score (nSPS) is 27.3. The highest BCUT2D eigenvalue weighted by molar-refractivity contribution is 5.81. The summed E-state index contributed by atoms with van der Waals surface area (Å²) in [4.78, 5) is 23.9. The van der Waals surface area contributed by atoms with Crippen molar-refractivity contribution in [2.24, 2.45) is 5.73 Å². The number of aromatic nitrogens is 4. The van der Waals surface area contributed by atoms with Crippen LogP contribution >= 0.6 is 0 Å². The second kappa shape index (κ2) is 6.67. The van der Waals surface area contributed by atoms with Crippen LogP contribution in [0.25, 0.3) is 11.2 Å². The minimum absolute atomic E-state index is 0.186. The van der Waals surface area contributed by atoms with Gasteiger partial charge in [-0.25, -0.2) is 15.0 Å². The van der Waals surface area contributed by atoms with Crippen LogP contribution in [-0.2, 0) is 4.79 Å². The molecule has 0 spiro atoms. The molecule has 1 aliphatic carbocycles. The Hall–Kier alpha value is -2.30. The van der Waals surface area contributed by atoms with E-state index >= 15 is 0 Å². The number of hydrogen-bond donors (Lipinski definition) is 5. The summed E-state index contributed by atoms with van der Waals surface area (Å²) in [6.07, 6.45) is 1.93. The molecule has 2 heterocycles. The van der Waals surface area contributed by atoms with Crippen molar-refractivity contribution in [3.05, 3.63) is 12.7 Å². The first-order chi connectivity index (χ1) is 11.5. The van der Waals surface area contributed by atoms with E-state index in [2.05, 4.69) is 20.3 Å². The van der Waals surface area contributed by atoms with Crippen LogP contribution in [0.5, 0.6) is 0 Å². The number of hydrogen-bond acceptors (Lipinski definition) is 8. The summed E-state index contributed by atoms with van der Waals surface area (Å²) in [5.74, 6) is 0.0253. The minimum Gasteiger partial charge on any atom is -0.388 e. The highest BCUT2D eigenvalue weighted by atomic mass is 16.3. The van der Waals surface area contributed by atoms with Gasteiger partial charge in [0.05, 0.1) is 18.4 Å². The lowest BCUT2D eigenvalue weighted by molar-refractivity contribution is -0.125. The second-order valence-electron chi connectivity index (χ2n) is 5.92. The molecule has 1 fully saturated rings. The predicted molar refractivity (Wildman–Crippen MR) is 85.6 cm³/mol. The summed E-state index contributed by atoms with van der Waals surface area (Å²) < 4.78 is 1.69. The number of rotatable bonds is 4. The maximum atomic E-state index is 11.7. The van der Waals surface area contributed by atoms with Crippen molar-refractivity contribution in [1.29, 1.82) is 0 Å². The number of fused-ring (bicyclic) bond motifs is 1. The number of carbonyl (C=O) groups is 1. The number of nitrogens with zero attached hydrogens (tertiary/aromatic N) is 4. The van der Waals surface area contributed by atoms with Crippen LogP contribution in [0, 0.1) is 0 Å². The number of carbonyl (C=O) groups excluding carboxylic acids is 1. The van der Waals surface area contributed by atoms with Gasteiger partial charge in [0.15, 0.2) is 11.5 Å². The number of nitrogens with two attached hydrogens (primary N) is 2. The molecule has 0 bridgehead atoms. The molecular weight excluding hydrogens is 314 g/mol. The van der Waals surface area contributed by atoms with Crippen LogP contribution in [-0.4, -0.2) is 60.4 Å². The van der Waals surface area contributed by atoms with Crippen LogP contribution in [0.4, 0.5) is 5.82 Å². The molecule has 7 N–H and O–H groups in total. The van der Waals surface area contributed by atoms with Crippen LogP contribution in [0.1, 0.15) is 25.3 Å². The monoisotopic (exact) mass is 335 g/mol. The molecule has 0 unspecified atom stereocenters. The second-order valence-corrected chi connectivity index (χ2v) is 5.92. The molecule has 0 aromatic carbocycles. The van der Waals surface area contributed by atoms with Crippen molar-refractivity contribution in [3.63, 3.8) is 0 Å². The highest BCUT2D eigenvalue weighted by Gasteiger charge is 2.39. The number of aliphatic hydroxyl groups is 2. The zero-order valence-corrected chi connectivity index (χ0v) is 13.0. The summed E-state index contributed by atoms with van der Waals surface area (Å²) in [5.41, 5.74) is 12.1. The third-order valence-corrected chi connectivity index (χ3v) is 4.39. The molecule has 1 saturated carbocycles. The van der Waals surface area contributed by atoms with Gasteiger partial charge in [0, 0.05) is 13.0 Å². The Bertz CT molecular complexity index is 734. The summed E-state index contributed by atoms with van der Waals surface area (Å²) in [6.45, 7) is 0.238. The molecular formula is C14H21N7O3. The molecule has 10 nitrogen and oxygen atoms in total. The lowest BCUT2D eigenvalue weighted by Crippen LogP contribution is -2.54. The molecule has 2 aromatic rings. The zero-order valence-electron chi connectivity index (χ0n) is 13.0. The van der Waals surface area contributed by atoms with Gasteiger partial charge in [-0.15, -0.1) is 0 Å². The van der Waals surface area contributed by atoms with Gasteiger partial charge >= 0.3 is 0 Å². The summed E-state index contributed by atoms with van der Waals surface area (Å²) in [6, 6.07) is -0.924. The number of nitrogens with one attached hydrogen (secondary N) is 1. The van der Waals surface area contributed by atoms with E-state index < -0.39 is 24.3 Å². The van der Waals surface area contributed by atoms with Crippen LogP contribution < -0.4 is 16.8 Å². The van der Waals surface area contributed by atoms with Crippen LogP contribution in [0.3, 0.4) is 0 Å². The first-order valence-corrected chi connectivity index (χ1v) is 7.81. The van der Waals surface area contributed by atoms with Gasteiger partial charge in [0.2, 0.25) is 5.91 Å². The number of anilines is 1. The predicted octanol–water partition coefficient (Wildman–Crippen LogP) is -1.70. The van der Waals surface area contributed by atoms with Gasteiger partial charge in [-0.05, 0) is 12.8 Å². The number of amides is 1. The molecule has 0 saturated heterocycles. The first kappa shape index (κ1) is 16.6. The summed E-state index contributed by atoms with van der Waals surface area (Å²) >= 11 is 0. The molecule has 4 atom stereocenters. The van der Waals surface area contributed by atoms with E-state index in [1.165, 1.54) is 12.7 Å². The first-order valence-electron chi connectivity index (χ1n) is 7.81. The number of nitrogen functional groups attached to an aromatic ring is 1. The summed E-state index contributed by atoms with van der Waals surface area (Å²) in [5, 5.41) is 23.6. The molecule has 24 heavy (non-hydrogen) atoms. The minimum atomic E-state index is -1.10. The molecule has 0 radical (unpaired) electrons. The third-order valence-electron chi connectivity index (χ3n) is 4.39. The van der Waals surface area contributed by atoms with E-state index in [9.17, 15) is 15.0 Å². The fraction of sp³-hybridized carbons (Fsp3) is 0.571. The fourth-order valence-electron chi connectivity index (χ4n) is 3.14. The Morgan fingerprint density at radius 3 is 2.83 bits per heavy atom. The van der Waals surface area contributed by atoms with Crippen molar-refractivity contribution < 1.29 is 15.0 Å². The molecule has 10 heteroatoms. The van der Waals surface area contributed by atoms with Gasteiger partial charge in [0.25, 0.3) is 0 Å². The Morgan fingerprint density at radius 2 is 2.08 bits per heavy atom. The Kier molecular flexibility index (Phi) is 4.60. The van der Waals surface area contributed by atoms with Crippen molar-refractivity contribution in [3.8, 4) is 0 Å². The van der Waals surface area contributed by atoms with Crippen molar-refractivity contribution in [2.75, 3.05) is 12.3 Å². The van der Waals surface area contributed by atoms with Gasteiger partial charge in [-0.2, -0.15) is 0 Å². The van der Waals surface area contributed by atoms with E-state index in [1.54, 1.807) is 4.57 Å². The number of aliphatic hydroxyl groups excluding tert-OH is 2. The largest absolute Gasteiger partial charge is 0.388 e. The van der Waals surface area contributed by atoms with E-state index in [-0.39, 0.29) is 24.7 Å². The van der Waals surface area contributed by atoms with Gasteiger partial charge in [-0.3, -0.25) is 4.79 Å². The zero-order chi connectivity index (χ0) is 17.3. The lowest BCUT2D eigenvalue weighted by Gasteiger charge is -2.38. The van der Waals surface area contributed by atoms with Gasteiger partial charge < -0.3 is 31.6 Å². The number of imidazole rings is 1. The van der Waals surface area contributed by atoms with E-state index in [4.69, 9.17) is 11.5 Å². The maximum absolute atomic E-state index is 11.7. The average Bonchev–Trinajstić information content (AvgIpc) is 2.98. The Morgan fingerprint density at radius 1 is 1.29 bits per heavy atom.